The summed E-state index contributed by atoms with van der Waals surface area (Å²) >= 11 is 0. The van der Waals surface area contributed by atoms with Crippen LogP contribution in [0.15, 0.2) is 18.2 Å². The monoisotopic (exact) mass is 277 g/mol. The molecular weight excluding hydrogens is 250 g/mol. The summed E-state index contributed by atoms with van der Waals surface area (Å²) < 4.78 is 5.22. The van der Waals surface area contributed by atoms with E-state index in [4.69, 9.17) is 10.5 Å². The quantitative estimate of drug-likeness (QED) is 0.620. The Morgan fingerprint density at radius 2 is 2.25 bits per heavy atom. The lowest BCUT2D eigenvalue weighted by atomic mass is 10.0. The van der Waals surface area contributed by atoms with Crippen LogP contribution in [0.4, 0.5) is 11.4 Å². The van der Waals surface area contributed by atoms with Gasteiger partial charge in [0.2, 0.25) is 0 Å². The molecule has 0 spiro atoms. The first-order valence-corrected chi connectivity index (χ1v) is 7.62. The second-order valence-electron chi connectivity index (χ2n) is 5.61. The smallest absolute Gasteiger partial charge is 0.121 e. The molecule has 1 saturated heterocycles. The normalized spacial score (nSPS) is 19.8. The summed E-state index contributed by atoms with van der Waals surface area (Å²) in [7, 11) is 1.67. The van der Waals surface area contributed by atoms with Gasteiger partial charge in [0, 0.05) is 25.2 Å². The van der Waals surface area contributed by atoms with Crippen LogP contribution in [0.2, 0.25) is 0 Å². The van der Waals surface area contributed by atoms with Gasteiger partial charge in [-0.25, -0.2) is 0 Å². The first-order valence-electron chi connectivity index (χ1n) is 7.62. The molecule has 1 aromatic carbocycles. The summed E-state index contributed by atoms with van der Waals surface area (Å²) in [6.07, 6.45) is 5.22. The Morgan fingerprint density at radius 1 is 1.40 bits per heavy atom. The fourth-order valence-corrected chi connectivity index (χ4v) is 2.81. The van der Waals surface area contributed by atoms with E-state index in [1.54, 1.807) is 7.11 Å². The van der Waals surface area contributed by atoms with Crippen molar-refractivity contribution in [2.24, 2.45) is 0 Å². The van der Waals surface area contributed by atoms with E-state index in [1.165, 1.54) is 25.8 Å². The molecule has 1 atom stereocenters. The third kappa shape index (κ3) is 4.04. The molecule has 1 fully saturated rings. The molecule has 1 heterocycles. The van der Waals surface area contributed by atoms with Crippen LogP contribution >= 0.6 is 0 Å². The molecule has 4 nitrogen and oxygen atoms in total. The summed E-state index contributed by atoms with van der Waals surface area (Å²) in [6, 6.07) is 6.47. The lowest BCUT2D eigenvalue weighted by Crippen LogP contribution is -2.38. The molecule has 1 aliphatic rings. The number of hydrogen-bond acceptors (Lipinski definition) is 4. The van der Waals surface area contributed by atoms with Gasteiger partial charge in [-0.3, -0.25) is 0 Å². The number of benzene rings is 1. The van der Waals surface area contributed by atoms with E-state index in [-0.39, 0.29) is 0 Å². The van der Waals surface area contributed by atoms with Gasteiger partial charge in [0.15, 0.2) is 0 Å². The number of nitrogens with one attached hydrogen (secondary N) is 1. The Balaban J connectivity index is 1.75. The molecule has 0 aromatic heterocycles. The van der Waals surface area contributed by atoms with Gasteiger partial charge in [0.25, 0.3) is 0 Å². The van der Waals surface area contributed by atoms with Crippen LogP contribution in [-0.2, 0) is 0 Å². The molecule has 1 unspecified atom stereocenters. The highest BCUT2D eigenvalue weighted by molar-refractivity contribution is 5.68. The van der Waals surface area contributed by atoms with Crippen LogP contribution in [0.1, 0.15) is 32.6 Å². The number of nitrogen functional groups attached to an aromatic ring is 1. The summed E-state index contributed by atoms with van der Waals surface area (Å²) in [5.41, 5.74) is 7.71. The number of rotatable bonds is 6. The number of methoxy groups -OCH3 is 1. The van der Waals surface area contributed by atoms with Gasteiger partial charge >= 0.3 is 0 Å². The summed E-state index contributed by atoms with van der Waals surface area (Å²) in [6.45, 7) is 5.70. The van der Waals surface area contributed by atoms with Crippen molar-refractivity contribution in [2.45, 2.75) is 38.6 Å². The zero-order valence-electron chi connectivity index (χ0n) is 12.7. The highest BCUT2D eigenvalue weighted by atomic mass is 16.5. The van der Waals surface area contributed by atoms with Crippen molar-refractivity contribution < 1.29 is 4.74 Å². The highest BCUT2D eigenvalue weighted by Gasteiger charge is 2.17. The van der Waals surface area contributed by atoms with E-state index in [9.17, 15) is 0 Å². The largest absolute Gasteiger partial charge is 0.497 e. The van der Waals surface area contributed by atoms with Crippen molar-refractivity contribution in [2.75, 3.05) is 37.8 Å². The zero-order chi connectivity index (χ0) is 14.4. The molecule has 0 aliphatic carbocycles. The van der Waals surface area contributed by atoms with Crippen LogP contribution in [0.25, 0.3) is 0 Å². The average molecular weight is 277 g/mol. The topological polar surface area (TPSA) is 50.5 Å². The van der Waals surface area contributed by atoms with E-state index in [0.717, 1.165) is 42.7 Å². The Morgan fingerprint density at radius 3 is 3.00 bits per heavy atom. The van der Waals surface area contributed by atoms with Gasteiger partial charge in [0.05, 0.1) is 18.5 Å². The molecule has 4 heteroatoms. The second kappa shape index (κ2) is 7.39. The van der Waals surface area contributed by atoms with Gasteiger partial charge < -0.3 is 20.7 Å². The van der Waals surface area contributed by atoms with Gasteiger partial charge in [-0.15, -0.1) is 0 Å². The number of nitrogens with two attached hydrogens (primary N) is 1. The minimum absolute atomic E-state index is 0.741. The van der Waals surface area contributed by atoms with E-state index in [2.05, 4.69) is 17.1 Å². The van der Waals surface area contributed by atoms with E-state index in [0.29, 0.717) is 0 Å². The molecule has 0 saturated carbocycles. The third-order valence-corrected chi connectivity index (χ3v) is 4.14. The maximum Gasteiger partial charge on any atom is 0.121 e. The van der Waals surface area contributed by atoms with Crippen LogP contribution in [0.5, 0.6) is 5.75 Å². The SMILES string of the molecule is COc1ccc(N)c(NCCCN2CCCCC2C)c1. The van der Waals surface area contributed by atoms with E-state index >= 15 is 0 Å². The zero-order valence-corrected chi connectivity index (χ0v) is 12.7. The van der Waals surface area contributed by atoms with Crippen LogP contribution in [0.3, 0.4) is 0 Å². The predicted molar refractivity (Wildman–Crippen MR) is 85.4 cm³/mol. The number of likely N-dealkylation sites (tertiary alicyclic amines) is 1. The molecule has 2 rings (SSSR count). The maximum atomic E-state index is 5.96. The fourth-order valence-electron chi connectivity index (χ4n) is 2.81. The average Bonchev–Trinajstić information content (AvgIpc) is 2.47. The number of ether oxygens (including phenoxy) is 1. The molecular formula is C16H27N3O. The number of anilines is 2. The Bertz CT molecular complexity index is 422. The molecule has 0 radical (unpaired) electrons. The highest BCUT2D eigenvalue weighted by Crippen LogP contribution is 2.24. The van der Waals surface area contributed by atoms with E-state index < -0.39 is 0 Å². The first kappa shape index (κ1) is 15.0. The van der Waals surface area contributed by atoms with Crippen molar-refractivity contribution in [1.29, 1.82) is 0 Å². The van der Waals surface area contributed by atoms with Gasteiger partial charge in [-0.1, -0.05) is 6.42 Å². The van der Waals surface area contributed by atoms with Crippen molar-refractivity contribution in [3.8, 4) is 5.75 Å². The molecule has 1 aromatic rings. The van der Waals surface area contributed by atoms with Crippen LogP contribution in [0, 0.1) is 0 Å². The van der Waals surface area contributed by atoms with E-state index in [1.807, 2.05) is 18.2 Å². The van der Waals surface area contributed by atoms with Crippen molar-refractivity contribution in [3.05, 3.63) is 18.2 Å². The first-order chi connectivity index (χ1) is 9.70. The fraction of sp³-hybridized carbons (Fsp3) is 0.625. The minimum atomic E-state index is 0.741. The summed E-state index contributed by atoms with van der Waals surface area (Å²) in [5, 5.41) is 3.41. The number of hydrogen-bond donors (Lipinski definition) is 2. The summed E-state index contributed by atoms with van der Waals surface area (Å²) in [5.74, 6) is 0.839. The Kier molecular flexibility index (Phi) is 5.53. The molecule has 1 aliphatic heterocycles. The van der Waals surface area contributed by atoms with Crippen molar-refractivity contribution in [1.82, 2.24) is 4.90 Å². The summed E-state index contributed by atoms with van der Waals surface area (Å²) in [4.78, 5) is 2.60. The van der Waals surface area contributed by atoms with Crippen LogP contribution < -0.4 is 15.8 Å². The maximum absolute atomic E-state index is 5.96. The minimum Gasteiger partial charge on any atom is -0.497 e. The predicted octanol–water partition coefficient (Wildman–Crippen LogP) is 2.95. The molecule has 0 bridgehead atoms. The molecule has 112 valence electrons. The van der Waals surface area contributed by atoms with Gasteiger partial charge in [-0.05, 0) is 44.9 Å². The van der Waals surface area contributed by atoms with Crippen LogP contribution in [-0.4, -0.2) is 37.7 Å². The second-order valence-corrected chi connectivity index (χ2v) is 5.61. The standard InChI is InChI=1S/C16H27N3O/c1-13-6-3-4-10-19(13)11-5-9-18-16-12-14(20-2)7-8-15(16)17/h7-8,12-13,18H,3-6,9-11,17H2,1-2H3. The molecule has 20 heavy (non-hydrogen) atoms. The van der Waals surface area contributed by atoms with Gasteiger partial charge in [0.1, 0.15) is 5.75 Å². The number of nitrogens with zero attached hydrogens (tertiary/aromatic N) is 1. The lowest BCUT2D eigenvalue weighted by molar-refractivity contribution is 0.160. The lowest BCUT2D eigenvalue weighted by Gasteiger charge is -2.33. The van der Waals surface area contributed by atoms with Crippen molar-refractivity contribution in [3.63, 3.8) is 0 Å². The third-order valence-electron chi connectivity index (χ3n) is 4.14. The Labute approximate surface area is 122 Å². The molecule has 0 amide bonds. The Hall–Kier alpha value is -1.42. The van der Waals surface area contributed by atoms with Crippen molar-refractivity contribution >= 4 is 11.4 Å². The van der Waals surface area contributed by atoms with Gasteiger partial charge in [-0.2, -0.15) is 0 Å². The molecule has 3 N–H and O–H groups in total. The number of piperidine rings is 1.